The molecule has 0 saturated carbocycles. The van der Waals surface area contributed by atoms with Crippen molar-refractivity contribution < 1.29 is 4.79 Å². The highest BCUT2D eigenvalue weighted by Crippen LogP contribution is 2.19. The lowest BCUT2D eigenvalue weighted by atomic mass is 10.1. The highest BCUT2D eigenvalue weighted by atomic mass is 16.2. The number of hydrogen-bond donors (Lipinski definition) is 1. The van der Waals surface area contributed by atoms with E-state index in [1.54, 1.807) is 0 Å². The van der Waals surface area contributed by atoms with Gasteiger partial charge < -0.3 is 10.2 Å². The van der Waals surface area contributed by atoms with Crippen molar-refractivity contribution in [2.75, 3.05) is 45.6 Å². The average molecular weight is 336 g/mol. The molecule has 1 aromatic carbocycles. The van der Waals surface area contributed by atoms with Crippen LogP contribution < -0.4 is 5.32 Å². The van der Waals surface area contributed by atoms with Crippen LogP contribution in [0.4, 0.5) is 5.69 Å². The smallest absolute Gasteiger partial charge is 0.238 e. The van der Waals surface area contributed by atoms with Crippen molar-refractivity contribution in [3.8, 4) is 0 Å². The van der Waals surface area contributed by atoms with Gasteiger partial charge in [0.25, 0.3) is 0 Å². The first kappa shape index (κ1) is 22.6. The lowest BCUT2D eigenvalue weighted by molar-refractivity contribution is -0.117. The molecule has 0 aliphatic heterocycles. The molecule has 0 unspecified atom stereocenters. The highest BCUT2D eigenvalue weighted by molar-refractivity contribution is 5.93. The summed E-state index contributed by atoms with van der Waals surface area (Å²) in [6, 6.07) is 6.03. The maximum Gasteiger partial charge on any atom is 0.238 e. The minimum Gasteiger partial charge on any atom is -0.324 e. The Morgan fingerprint density at radius 3 is 1.96 bits per heavy atom. The molecule has 0 bridgehead atoms. The van der Waals surface area contributed by atoms with Gasteiger partial charge in [-0.15, -0.1) is 0 Å². The molecule has 0 aliphatic carbocycles. The summed E-state index contributed by atoms with van der Waals surface area (Å²) in [4.78, 5) is 16.2. The summed E-state index contributed by atoms with van der Waals surface area (Å²) < 4.78 is 0. The van der Waals surface area contributed by atoms with Crippen LogP contribution in [0.25, 0.3) is 0 Å². The van der Waals surface area contributed by atoms with Crippen LogP contribution in [0.15, 0.2) is 18.2 Å². The Balaban J connectivity index is 0.000000640. The van der Waals surface area contributed by atoms with E-state index in [0.717, 1.165) is 29.9 Å². The number of benzene rings is 1. The van der Waals surface area contributed by atoms with E-state index in [1.165, 1.54) is 19.4 Å². The van der Waals surface area contributed by atoms with E-state index in [1.807, 2.05) is 32.0 Å². The number of nitrogens with zero attached hydrogens (tertiary/aromatic N) is 2. The zero-order valence-corrected chi connectivity index (χ0v) is 16.8. The third-order valence-corrected chi connectivity index (χ3v) is 3.97. The van der Waals surface area contributed by atoms with Crippen LogP contribution in [0, 0.1) is 13.8 Å². The molecule has 1 N–H and O–H groups in total. The lowest BCUT2D eigenvalue weighted by Crippen LogP contribution is -2.33. The van der Waals surface area contributed by atoms with Gasteiger partial charge in [0.05, 0.1) is 6.54 Å². The minimum atomic E-state index is 0.0612. The SMILES string of the molecule is CCCCN(C)C.CCN(CC)CC(=O)Nc1c(C)cccc1C. The number of aryl methyl sites for hydroxylation is 2. The molecular formula is C20H37N3O. The fourth-order valence-electron chi connectivity index (χ4n) is 2.32. The first-order valence-corrected chi connectivity index (χ1v) is 9.08. The predicted octanol–water partition coefficient (Wildman–Crippen LogP) is 3.93. The van der Waals surface area contributed by atoms with Crippen molar-refractivity contribution in [3.63, 3.8) is 0 Å². The summed E-state index contributed by atoms with van der Waals surface area (Å²) in [5, 5.41) is 3.00. The van der Waals surface area contributed by atoms with Crippen molar-refractivity contribution >= 4 is 11.6 Å². The molecule has 1 aromatic rings. The van der Waals surface area contributed by atoms with Gasteiger partial charge in [0.15, 0.2) is 0 Å². The van der Waals surface area contributed by atoms with E-state index >= 15 is 0 Å². The van der Waals surface area contributed by atoms with Gasteiger partial charge in [-0.25, -0.2) is 0 Å². The first-order valence-electron chi connectivity index (χ1n) is 9.08. The highest BCUT2D eigenvalue weighted by Gasteiger charge is 2.09. The molecule has 0 atom stereocenters. The van der Waals surface area contributed by atoms with E-state index in [2.05, 4.69) is 50.0 Å². The number of carbonyl (C=O) groups excluding carboxylic acids is 1. The van der Waals surface area contributed by atoms with Gasteiger partial charge in [0, 0.05) is 5.69 Å². The van der Waals surface area contributed by atoms with E-state index in [4.69, 9.17) is 0 Å². The molecule has 4 nitrogen and oxygen atoms in total. The molecule has 0 aromatic heterocycles. The third kappa shape index (κ3) is 9.68. The monoisotopic (exact) mass is 335 g/mol. The molecule has 4 heteroatoms. The zero-order valence-electron chi connectivity index (χ0n) is 16.8. The Morgan fingerprint density at radius 1 is 1.04 bits per heavy atom. The quantitative estimate of drug-likeness (QED) is 0.782. The Hall–Kier alpha value is -1.39. The number of nitrogens with one attached hydrogen (secondary N) is 1. The normalized spacial score (nSPS) is 10.5. The third-order valence-electron chi connectivity index (χ3n) is 3.97. The number of hydrogen-bond acceptors (Lipinski definition) is 3. The number of rotatable bonds is 8. The van der Waals surface area contributed by atoms with Gasteiger partial charge in [0.1, 0.15) is 0 Å². The minimum absolute atomic E-state index is 0.0612. The standard InChI is InChI=1S/C14H22N2O.C6H15N/c1-5-16(6-2)10-13(17)15-14-11(3)8-7-9-12(14)4;1-4-5-6-7(2)3/h7-9H,5-6,10H2,1-4H3,(H,15,17);4-6H2,1-3H3. The second-order valence-corrected chi connectivity index (χ2v) is 6.43. The summed E-state index contributed by atoms with van der Waals surface area (Å²) in [5.74, 6) is 0.0612. The molecule has 1 rings (SSSR count). The summed E-state index contributed by atoms with van der Waals surface area (Å²) in [7, 11) is 4.21. The number of carbonyl (C=O) groups is 1. The van der Waals surface area contributed by atoms with Crippen LogP contribution >= 0.6 is 0 Å². The number of unbranched alkanes of at least 4 members (excludes halogenated alkanes) is 1. The Bertz CT molecular complexity index is 448. The van der Waals surface area contributed by atoms with Crippen LogP contribution in [-0.2, 0) is 4.79 Å². The number of anilines is 1. The Morgan fingerprint density at radius 2 is 1.58 bits per heavy atom. The van der Waals surface area contributed by atoms with Crippen LogP contribution in [0.2, 0.25) is 0 Å². The lowest BCUT2D eigenvalue weighted by Gasteiger charge is -2.18. The molecule has 0 radical (unpaired) electrons. The van der Waals surface area contributed by atoms with E-state index < -0.39 is 0 Å². The fraction of sp³-hybridized carbons (Fsp3) is 0.650. The molecular weight excluding hydrogens is 298 g/mol. The van der Waals surface area contributed by atoms with Crippen molar-refractivity contribution in [1.29, 1.82) is 0 Å². The van der Waals surface area contributed by atoms with Crippen LogP contribution in [0.5, 0.6) is 0 Å². The fourth-order valence-corrected chi connectivity index (χ4v) is 2.32. The molecule has 0 heterocycles. The topological polar surface area (TPSA) is 35.6 Å². The van der Waals surface area contributed by atoms with Crippen molar-refractivity contribution in [2.45, 2.75) is 47.5 Å². The summed E-state index contributed by atoms with van der Waals surface area (Å²) in [5.41, 5.74) is 3.17. The Labute approximate surface area is 149 Å². The second-order valence-electron chi connectivity index (χ2n) is 6.43. The van der Waals surface area contributed by atoms with Crippen molar-refractivity contribution in [3.05, 3.63) is 29.3 Å². The molecule has 0 spiro atoms. The van der Waals surface area contributed by atoms with Crippen molar-refractivity contribution in [2.24, 2.45) is 0 Å². The van der Waals surface area contributed by atoms with Gasteiger partial charge in [-0.2, -0.15) is 0 Å². The van der Waals surface area contributed by atoms with Crippen LogP contribution in [0.1, 0.15) is 44.7 Å². The summed E-state index contributed by atoms with van der Waals surface area (Å²) in [6.07, 6.45) is 2.63. The molecule has 0 fully saturated rings. The zero-order chi connectivity index (χ0) is 18.5. The van der Waals surface area contributed by atoms with Crippen molar-refractivity contribution in [1.82, 2.24) is 9.80 Å². The van der Waals surface area contributed by atoms with Gasteiger partial charge in [-0.3, -0.25) is 9.69 Å². The number of amides is 1. The summed E-state index contributed by atoms with van der Waals surface area (Å²) in [6.45, 7) is 13.9. The van der Waals surface area contributed by atoms with Crippen LogP contribution in [-0.4, -0.2) is 56.0 Å². The maximum absolute atomic E-state index is 11.9. The first-order chi connectivity index (χ1) is 11.3. The Kier molecular flexibility index (Phi) is 12.2. The molecule has 0 aliphatic rings. The van der Waals surface area contributed by atoms with Gasteiger partial charge in [0.2, 0.25) is 5.91 Å². The van der Waals surface area contributed by atoms with Gasteiger partial charge in [-0.05, 0) is 65.1 Å². The number of para-hydroxylation sites is 1. The summed E-state index contributed by atoms with van der Waals surface area (Å²) >= 11 is 0. The van der Waals surface area contributed by atoms with Crippen LogP contribution in [0.3, 0.4) is 0 Å². The van der Waals surface area contributed by atoms with Gasteiger partial charge in [-0.1, -0.05) is 45.4 Å². The largest absolute Gasteiger partial charge is 0.324 e. The van der Waals surface area contributed by atoms with E-state index in [-0.39, 0.29) is 5.91 Å². The molecule has 138 valence electrons. The van der Waals surface area contributed by atoms with E-state index in [0.29, 0.717) is 6.54 Å². The predicted molar refractivity (Wildman–Crippen MR) is 106 cm³/mol. The average Bonchev–Trinajstić information content (AvgIpc) is 2.54. The molecule has 24 heavy (non-hydrogen) atoms. The number of likely N-dealkylation sites (N-methyl/N-ethyl adjacent to an activating group) is 1. The maximum atomic E-state index is 11.9. The molecule has 0 saturated heterocycles. The van der Waals surface area contributed by atoms with E-state index in [9.17, 15) is 4.79 Å². The molecule has 1 amide bonds. The second kappa shape index (κ2) is 13.0. The van der Waals surface area contributed by atoms with Gasteiger partial charge >= 0.3 is 0 Å².